The highest BCUT2D eigenvalue weighted by Crippen LogP contribution is 2.27. The van der Waals surface area contributed by atoms with E-state index < -0.39 is 23.3 Å². The van der Waals surface area contributed by atoms with Crippen molar-refractivity contribution in [2.45, 2.75) is 87.2 Å². The predicted molar refractivity (Wildman–Crippen MR) is 216 cm³/mol. The third-order valence-electron chi connectivity index (χ3n) is 9.95. The number of hydrogen-bond acceptors (Lipinski definition) is 7. The Balaban J connectivity index is 1.52. The molecule has 3 amide bonds. The van der Waals surface area contributed by atoms with Gasteiger partial charge in [-0.05, 0) is 97.9 Å². The molecule has 0 bridgehead atoms. The minimum atomic E-state index is -1.10. The number of aryl methyl sites for hydroxylation is 6. The summed E-state index contributed by atoms with van der Waals surface area (Å²) in [5.41, 5.74) is 12.6. The lowest BCUT2D eigenvalue weighted by molar-refractivity contribution is 0.0289. The molecule has 0 saturated heterocycles. The maximum atomic E-state index is 13.8. The zero-order chi connectivity index (χ0) is 41.5. The van der Waals surface area contributed by atoms with E-state index in [9.17, 15) is 19.5 Å². The number of benzene rings is 2. The van der Waals surface area contributed by atoms with Gasteiger partial charge in [-0.2, -0.15) is 20.2 Å². The molecule has 16 nitrogen and oxygen atoms in total. The molecular weight excluding hydrogens is 727 g/mol. The molecule has 300 valence electrons. The van der Waals surface area contributed by atoms with Crippen molar-refractivity contribution in [3.05, 3.63) is 99.3 Å². The number of allylic oxidation sites excluding steroid dienone is 2. The molecule has 0 atom stereocenters. The van der Waals surface area contributed by atoms with E-state index >= 15 is 0 Å². The number of carbonyl (C=O) groups is 3. The molecule has 2 aromatic carbocycles. The summed E-state index contributed by atoms with van der Waals surface area (Å²) in [5.74, 6) is -0.938. The summed E-state index contributed by atoms with van der Waals surface area (Å²) in [6, 6.07) is 14.2. The molecular formula is C41H51N11O5. The van der Waals surface area contributed by atoms with Crippen molar-refractivity contribution in [3.63, 3.8) is 0 Å². The maximum absolute atomic E-state index is 13.8. The van der Waals surface area contributed by atoms with Gasteiger partial charge in [0.15, 0.2) is 0 Å². The van der Waals surface area contributed by atoms with Gasteiger partial charge in [0.2, 0.25) is 17.1 Å². The summed E-state index contributed by atoms with van der Waals surface area (Å²) in [5, 5.41) is 19.4. The Kier molecular flexibility index (Phi) is 11.1. The average Bonchev–Trinajstić information content (AvgIpc) is 3.89. The lowest BCUT2D eigenvalue weighted by Gasteiger charge is -2.19. The molecule has 0 fully saturated rings. The molecule has 0 aliphatic carbocycles. The molecule has 6 aromatic rings. The highest BCUT2D eigenvalue weighted by Gasteiger charge is 2.22. The molecule has 0 saturated carbocycles. The number of aromatic nitrogens is 8. The van der Waals surface area contributed by atoms with E-state index in [1.54, 1.807) is 65.2 Å². The largest absolute Gasteiger partial charge is 0.488 e. The molecule has 4 aromatic heterocycles. The van der Waals surface area contributed by atoms with Gasteiger partial charge in [-0.15, -0.1) is 0 Å². The van der Waals surface area contributed by atoms with Gasteiger partial charge in [0.05, 0.1) is 33.5 Å². The summed E-state index contributed by atoms with van der Waals surface area (Å²) in [6.07, 6.45) is 0. The molecule has 0 unspecified atom stereocenters. The number of imidazole rings is 2. The number of hydrogen-bond donors (Lipinski definition) is 2. The van der Waals surface area contributed by atoms with E-state index in [-0.39, 0.29) is 6.61 Å². The third kappa shape index (κ3) is 8.03. The quantitative estimate of drug-likeness (QED) is 0.175. The molecule has 6 rings (SSSR count). The Morgan fingerprint density at radius 1 is 0.772 bits per heavy atom. The second-order valence-corrected chi connectivity index (χ2v) is 15.1. The van der Waals surface area contributed by atoms with Crippen molar-refractivity contribution < 1.29 is 24.2 Å². The Morgan fingerprint density at radius 2 is 1.30 bits per heavy atom. The molecule has 0 aliphatic heterocycles. The molecule has 16 heteroatoms. The molecule has 3 N–H and O–H groups in total. The van der Waals surface area contributed by atoms with Gasteiger partial charge >= 0.3 is 0 Å². The summed E-state index contributed by atoms with van der Waals surface area (Å²) in [7, 11) is 3.64. The van der Waals surface area contributed by atoms with Crippen LogP contribution in [0.5, 0.6) is 5.75 Å². The van der Waals surface area contributed by atoms with Gasteiger partial charge in [0.25, 0.3) is 11.8 Å². The number of carbonyl (C=O) groups excluding carboxylic acids is 3. The summed E-state index contributed by atoms with van der Waals surface area (Å²) >= 11 is 0. The fourth-order valence-corrected chi connectivity index (χ4v) is 6.92. The number of amides is 3. The van der Waals surface area contributed by atoms with Crippen LogP contribution in [0.2, 0.25) is 0 Å². The zero-order valence-corrected chi connectivity index (χ0v) is 34.3. The van der Waals surface area contributed by atoms with Crippen molar-refractivity contribution in [3.8, 4) is 5.75 Å². The first-order chi connectivity index (χ1) is 26.9. The van der Waals surface area contributed by atoms with E-state index in [0.29, 0.717) is 82.5 Å². The SMILES string of the molecule is CCn1nc(C)cc1C(=O)/N=c1\n(C)c2cc(C(N)=O)ccc2n1C/C(C)=C(\C)Cn1/c(=N/C(=O)c2cc(C)nn2CC)n(C)c2cccc(OCC(C)(C)O)c21. The van der Waals surface area contributed by atoms with Gasteiger partial charge < -0.3 is 33.8 Å². The van der Waals surface area contributed by atoms with Gasteiger partial charge in [-0.3, -0.25) is 23.7 Å². The summed E-state index contributed by atoms with van der Waals surface area (Å²) < 4.78 is 17.0. The number of para-hydroxylation sites is 1. The standard InChI is InChI=1S/C41H51N11O5/c1-11-51-32(18-26(5)45-51)37(54)43-39-48(10)31-20-28(36(42)53)16-17-29(31)49(39)21-24(3)25(4)22-50-35-30(14-13-15-34(35)57-23-41(7,8)56)47(9)40(50)44-38(55)33-19-27(6)46-52(33)12-2/h13-20,56H,11-12,21-23H2,1-10H3,(H2,42,53)/b25-24+,43-39+,44-40+. The zero-order valence-electron chi connectivity index (χ0n) is 34.3. The van der Waals surface area contributed by atoms with Crippen molar-refractivity contribution in [2.75, 3.05) is 6.61 Å². The van der Waals surface area contributed by atoms with E-state index in [4.69, 9.17) is 10.5 Å². The van der Waals surface area contributed by atoms with Gasteiger partial charge in [-0.1, -0.05) is 17.2 Å². The fourth-order valence-electron chi connectivity index (χ4n) is 6.92. The normalized spacial score (nSPS) is 13.2. The van der Waals surface area contributed by atoms with Crippen LogP contribution >= 0.6 is 0 Å². The molecule has 0 aliphatic rings. The van der Waals surface area contributed by atoms with Crippen LogP contribution in [0, 0.1) is 13.8 Å². The smallest absolute Gasteiger partial charge is 0.298 e. The van der Waals surface area contributed by atoms with Gasteiger partial charge in [0, 0.05) is 45.8 Å². The molecule has 57 heavy (non-hydrogen) atoms. The van der Waals surface area contributed by atoms with E-state index in [2.05, 4.69) is 20.2 Å². The van der Waals surface area contributed by atoms with E-state index in [1.165, 1.54) is 0 Å². The van der Waals surface area contributed by atoms with Crippen molar-refractivity contribution in [1.82, 2.24) is 37.8 Å². The van der Waals surface area contributed by atoms with Crippen LogP contribution in [-0.2, 0) is 40.3 Å². The summed E-state index contributed by atoms with van der Waals surface area (Å²) in [4.78, 5) is 49.1. The molecule has 4 heterocycles. The fraction of sp³-hybridized carbons (Fsp3) is 0.390. The van der Waals surface area contributed by atoms with Crippen LogP contribution in [-0.4, -0.2) is 72.9 Å². The Hall–Kier alpha value is -6.29. The van der Waals surface area contributed by atoms with Crippen LogP contribution in [0.4, 0.5) is 0 Å². The number of aliphatic hydroxyl groups is 1. The number of fused-ring (bicyclic) bond motifs is 2. The molecule has 0 spiro atoms. The van der Waals surface area contributed by atoms with Crippen LogP contribution < -0.4 is 21.7 Å². The monoisotopic (exact) mass is 777 g/mol. The van der Waals surface area contributed by atoms with E-state index in [1.807, 2.05) is 80.5 Å². The van der Waals surface area contributed by atoms with Gasteiger partial charge in [-0.25, -0.2) is 0 Å². The number of rotatable bonds is 12. The molecule has 0 radical (unpaired) electrons. The van der Waals surface area contributed by atoms with E-state index in [0.717, 1.165) is 22.2 Å². The Bertz CT molecular complexity index is 2740. The van der Waals surface area contributed by atoms with Crippen molar-refractivity contribution >= 4 is 39.8 Å². The maximum Gasteiger partial charge on any atom is 0.298 e. The lowest BCUT2D eigenvalue weighted by Crippen LogP contribution is -2.29. The second-order valence-electron chi connectivity index (χ2n) is 15.1. The number of ether oxygens (including phenoxy) is 1. The predicted octanol–water partition coefficient (Wildman–Crippen LogP) is 4.09. The lowest BCUT2D eigenvalue weighted by atomic mass is 10.1. The Morgan fingerprint density at radius 3 is 1.82 bits per heavy atom. The van der Waals surface area contributed by atoms with Crippen LogP contribution in [0.25, 0.3) is 22.1 Å². The first-order valence-electron chi connectivity index (χ1n) is 18.9. The van der Waals surface area contributed by atoms with Gasteiger partial charge in [0.1, 0.15) is 29.3 Å². The van der Waals surface area contributed by atoms with Crippen molar-refractivity contribution in [1.29, 1.82) is 0 Å². The highest BCUT2D eigenvalue weighted by molar-refractivity contribution is 5.97. The number of nitrogens with zero attached hydrogens (tertiary/aromatic N) is 10. The number of primary amides is 1. The first kappa shape index (κ1) is 40.4. The third-order valence-corrected chi connectivity index (χ3v) is 9.95. The van der Waals surface area contributed by atoms with Crippen LogP contribution in [0.1, 0.15) is 84.3 Å². The first-order valence-corrected chi connectivity index (χ1v) is 18.9. The average molecular weight is 778 g/mol. The second kappa shape index (κ2) is 15.7. The van der Waals surface area contributed by atoms with Crippen molar-refractivity contribution in [2.24, 2.45) is 29.8 Å². The van der Waals surface area contributed by atoms with Crippen LogP contribution in [0.3, 0.4) is 0 Å². The minimum Gasteiger partial charge on any atom is -0.488 e. The topological polar surface area (TPSA) is 187 Å². The summed E-state index contributed by atoms with van der Waals surface area (Å²) in [6.45, 7) is 16.5. The Labute approximate surface area is 329 Å². The highest BCUT2D eigenvalue weighted by atomic mass is 16.5. The minimum absolute atomic E-state index is 0.0357. The number of nitrogens with two attached hydrogens (primary N) is 1. The van der Waals surface area contributed by atoms with Crippen LogP contribution in [0.15, 0.2) is 69.7 Å².